The minimum Gasteiger partial charge on any atom is -0.396 e. The monoisotopic (exact) mass is 1700 g/mol. The molecule has 3 saturated heterocycles. The lowest BCUT2D eigenvalue weighted by molar-refractivity contribution is -0.282. The van der Waals surface area contributed by atoms with E-state index in [1.165, 1.54) is 6.92 Å². The van der Waals surface area contributed by atoms with Crippen molar-refractivity contribution in [2.24, 2.45) is 23.2 Å². The molecule has 40 nitrogen and oxygen atoms in total. The Morgan fingerprint density at radius 2 is 0.676 bits per heavy atom. The van der Waals surface area contributed by atoms with Gasteiger partial charge in [0, 0.05) is 84.1 Å². The van der Waals surface area contributed by atoms with E-state index in [1.807, 2.05) is 13.8 Å². The first-order valence-electron chi connectivity index (χ1n) is 38.4. The molecule has 3 aliphatic heterocycles. The minimum atomic E-state index is -4.88. The SMILES string of the molecule is CC(=O)NC1[C@H](OCCCCCCOP(=O)(O)OCCCOCC(COCCCOP(=O)(O)OCCCCCCO[C@@H]2OC(CO)[C@H](O)[C@H](O)C2C)(COCCCOP(=O)(O)OCCCCCCO[C@@H]2OC(CO)[C@H](O)[C@H](O)C2C)COP(=O)(O)OCCCOCC(CO)COCCCOC(C)C)OC(CO)[C@H](O)[C@@H]1O. The zero-order valence-corrected chi connectivity index (χ0v) is 68.6. The van der Waals surface area contributed by atoms with Crippen molar-refractivity contribution in [2.45, 2.75) is 230 Å². The summed E-state index contributed by atoms with van der Waals surface area (Å²) < 4.78 is 163. The number of aliphatic hydroxyl groups is 10. The van der Waals surface area contributed by atoms with E-state index in [0.29, 0.717) is 96.7 Å². The summed E-state index contributed by atoms with van der Waals surface area (Å²) in [6.07, 6.45) is -6.46. The quantitative estimate of drug-likeness (QED) is 0.0307. The highest BCUT2D eigenvalue weighted by molar-refractivity contribution is 7.48. The molecule has 0 bridgehead atoms. The van der Waals surface area contributed by atoms with Crippen LogP contribution >= 0.6 is 31.3 Å². The van der Waals surface area contributed by atoms with Gasteiger partial charge in [-0.25, -0.2) is 18.3 Å². The van der Waals surface area contributed by atoms with Crippen LogP contribution in [0.2, 0.25) is 0 Å². The fourth-order valence-corrected chi connectivity index (χ4v) is 14.5. The van der Waals surface area contributed by atoms with Gasteiger partial charge in [0.1, 0.15) is 48.8 Å². The van der Waals surface area contributed by atoms with Gasteiger partial charge in [-0.1, -0.05) is 52.4 Å². The number of hydrogen-bond donors (Lipinski definition) is 15. The molecule has 3 rings (SSSR count). The van der Waals surface area contributed by atoms with E-state index in [-0.39, 0.29) is 170 Å². The molecule has 0 radical (unpaired) electrons. The summed E-state index contributed by atoms with van der Waals surface area (Å²) in [4.78, 5) is 54.1. The van der Waals surface area contributed by atoms with Crippen LogP contribution in [0.5, 0.6) is 0 Å². The normalized spacial score (nSPS) is 27.6. The molecule has 1 amide bonds. The van der Waals surface area contributed by atoms with Crippen molar-refractivity contribution in [3.8, 4) is 0 Å². The highest BCUT2D eigenvalue weighted by Gasteiger charge is 2.47. The van der Waals surface area contributed by atoms with E-state index < -0.39 is 161 Å². The molecule has 15 N–H and O–H groups in total. The van der Waals surface area contributed by atoms with E-state index in [0.717, 1.165) is 0 Å². The Morgan fingerprint density at radius 1 is 0.378 bits per heavy atom. The van der Waals surface area contributed by atoms with Crippen LogP contribution in [-0.4, -0.2) is 334 Å². The summed E-state index contributed by atoms with van der Waals surface area (Å²) in [5, 5.41) is 102. The van der Waals surface area contributed by atoms with Crippen molar-refractivity contribution >= 4 is 37.2 Å². The Kier molecular flexibility index (Phi) is 55.3. The zero-order valence-electron chi connectivity index (χ0n) is 65.0. The number of carbonyl (C=O) groups is 1. The average molecular weight is 1700 g/mol. The third-order valence-electron chi connectivity index (χ3n) is 17.7. The van der Waals surface area contributed by atoms with Crippen molar-refractivity contribution in [2.75, 3.05) is 172 Å². The number of phosphoric acid groups is 4. The molecule has 3 heterocycles. The largest absolute Gasteiger partial charge is 0.472 e. The van der Waals surface area contributed by atoms with E-state index in [9.17, 15) is 93.7 Å². The third kappa shape index (κ3) is 45.3. The van der Waals surface area contributed by atoms with E-state index in [2.05, 4.69) is 5.32 Å². The average Bonchev–Trinajstić information content (AvgIpc) is 0.840. The topological polar surface area (TPSA) is 565 Å². The fourth-order valence-electron chi connectivity index (χ4n) is 11.2. The Bertz CT molecular complexity index is 2480. The van der Waals surface area contributed by atoms with Gasteiger partial charge in [-0.2, -0.15) is 0 Å². The van der Waals surface area contributed by atoms with Crippen molar-refractivity contribution < 1.29 is 187 Å². The predicted octanol–water partition coefficient (Wildman–Crippen LogP) is 2.40. The maximum absolute atomic E-state index is 13.5. The van der Waals surface area contributed by atoms with E-state index >= 15 is 0 Å². The Labute approximate surface area is 651 Å². The molecule has 0 aromatic rings. The number of aliphatic hydroxyl groups excluding tert-OH is 10. The molecule has 0 spiro atoms. The van der Waals surface area contributed by atoms with Crippen LogP contribution < -0.4 is 5.32 Å². The second-order valence-electron chi connectivity index (χ2n) is 27.9. The third-order valence-corrected chi connectivity index (χ3v) is 21.7. The Morgan fingerprint density at radius 3 is 1.01 bits per heavy atom. The number of amides is 1. The second kappa shape index (κ2) is 58.9. The van der Waals surface area contributed by atoms with E-state index in [1.54, 1.807) is 13.8 Å². The first-order valence-corrected chi connectivity index (χ1v) is 44.4. The molecular weight excluding hydrogens is 1570 g/mol. The maximum atomic E-state index is 13.5. The van der Waals surface area contributed by atoms with Crippen LogP contribution in [0.4, 0.5) is 0 Å². The maximum Gasteiger partial charge on any atom is 0.472 e. The van der Waals surface area contributed by atoms with Crippen LogP contribution in [0.25, 0.3) is 0 Å². The number of unbranched alkanes of at least 4 members (excludes halogenated alkanes) is 9. The summed E-state index contributed by atoms with van der Waals surface area (Å²) in [6, 6.07) is -1.10. The van der Waals surface area contributed by atoms with Crippen LogP contribution in [-0.2, 0) is 116 Å². The standard InChI is InChI=1S/C67H133NO39P4/c1-49(2)93-31-18-23-88-43-53(39-69)44-89-24-19-35-103-111(86,87)104-48-67(45-90-25-20-36-100-108(80,81)97-32-15-9-6-12-28-94-64-50(3)58(74)60(76)54(40-70)105-64,46-91-26-21-37-101-109(82,83)98-33-16-10-7-13-29-95-65-51(4)59(75)61(77)55(41-71)106-65)47-92-27-22-38-102-110(84,85)99-34-17-11-8-14-30-96-66-57(68-52(5)73)63(79)62(78)56(42-72)107-66/h49-51,53-66,69-72,74-79H,6-48H2,1-5H3,(H,68,73)(H,80,81)(H,82,83)(H,84,85)(H,86,87)/t50?,51?,53?,54?,55?,56?,57?,58-,59-,60+,61+,62+,63-,64-,65-,66-,67?/m1/s1. The molecule has 111 heavy (non-hydrogen) atoms. The number of carbonyl (C=O) groups excluding carboxylic acids is 1. The first-order chi connectivity index (χ1) is 52.8. The van der Waals surface area contributed by atoms with Gasteiger partial charge in [0.05, 0.1) is 136 Å². The van der Waals surface area contributed by atoms with Gasteiger partial charge >= 0.3 is 31.3 Å². The summed E-state index contributed by atoms with van der Waals surface area (Å²) in [5.74, 6) is -1.93. The summed E-state index contributed by atoms with van der Waals surface area (Å²) in [7, 11) is -18.5. The van der Waals surface area contributed by atoms with Gasteiger partial charge < -0.3 is 133 Å². The number of phosphoric ester groups is 4. The van der Waals surface area contributed by atoms with Gasteiger partial charge in [-0.3, -0.25) is 41.0 Å². The first kappa shape index (κ1) is 104. The minimum absolute atomic E-state index is 0.00812. The molecule has 20 atom stereocenters. The van der Waals surface area contributed by atoms with Gasteiger partial charge in [0.15, 0.2) is 18.9 Å². The molecule has 44 heteroatoms. The lowest BCUT2D eigenvalue weighted by Gasteiger charge is -2.42. The Balaban J connectivity index is 1.61. The predicted molar refractivity (Wildman–Crippen MR) is 391 cm³/mol. The highest BCUT2D eigenvalue weighted by atomic mass is 31.2. The number of rotatable bonds is 70. The number of hydrogen-bond acceptors (Lipinski definition) is 35. The molecule has 3 aliphatic rings. The lowest BCUT2D eigenvalue weighted by atomic mass is 9.92. The highest BCUT2D eigenvalue weighted by Crippen LogP contribution is 2.47. The molecule has 0 aromatic carbocycles. The summed E-state index contributed by atoms with van der Waals surface area (Å²) in [6.45, 7) is 4.84. The Hall–Kier alpha value is -0.970. The molecule has 3 fully saturated rings. The van der Waals surface area contributed by atoms with Crippen molar-refractivity contribution in [1.82, 2.24) is 5.32 Å². The molecule has 0 saturated carbocycles. The number of ether oxygens (including phenoxy) is 12. The van der Waals surface area contributed by atoms with E-state index in [4.69, 9.17) is 93.0 Å². The van der Waals surface area contributed by atoms with Gasteiger partial charge in [0.25, 0.3) is 0 Å². The summed E-state index contributed by atoms with van der Waals surface area (Å²) >= 11 is 0. The molecule has 0 aromatic heterocycles. The van der Waals surface area contributed by atoms with Crippen LogP contribution in [0.3, 0.4) is 0 Å². The molecule has 11 unspecified atom stereocenters. The lowest BCUT2D eigenvalue weighted by Crippen LogP contribution is -2.64. The van der Waals surface area contributed by atoms with Crippen LogP contribution in [0.15, 0.2) is 0 Å². The van der Waals surface area contributed by atoms with Gasteiger partial charge in [-0.05, 0) is 84.5 Å². The van der Waals surface area contributed by atoms with Crippen LogP contribution in [0, 0.1) is 23.2 Å². The molecule has 0 aliphatic carbocycles. The number of nitrogens with one attached hydrogen (secondary N) is 1. The van der Waals surface area contributed by atoms with Crippen LogP contribution in [0.1, 0.15) is 144 Å². The second-order valence-corrected chi connectivity index (χ2v) is 33.8. The van der Waals surface area contributed by atoms with Gasteiger partial charge in [0.2, 0.25) is 5.91 Å². The zero-order chi connectivity index (χ0) is 82.1. The van der Waals surface area contributed by atoms with Crippen molar-refractivity contribution in [1.29, 1.82) is 0 Å². The van der Waals surface area contributed by atoms with Crippen molar-refractivity contribution in [3.05, 3.63) is 0 Å². The molecular formula is C67H133NO39P4. The van der Waals surface area contributed by atoms with Crippen molar-refractivity contribution in [3.63, 3.8) is 0 Å². The summed E-state index contributed by atoms with van der Waals surface area (Å²) in [5.41, 5.74) is -1.48. The smallest absolute Gasteiger partial charge is 0.396 e. The van der Waals surface area contributed by atoms with Gasteiger partial charge in [-0.15, -0.1) is 0 Å². The fraction of sp³-hybridized carbons (Fsp3) is 0.985. The molecule has 660 valence electrons.